The third kappa shape index (κ3) is 9.68. The molecule has 204 valence electrons. The van der Waals surface area contributed by atoms with Gasteiger partial charge < -0.3 is 42.9 Å². The third-order valence-corrected chi connectivity index (χ3v) is 6.18. The lowest BCUT2D eigenvalue weighted by Gasteiger charge is -2.29. The van der Waals surface area contributed by atoms with Gasteiger partial charge in [-0.2, -0.15) is 0 Å². The molecule has 1 saturated heterocycles. The number of nitrogens with one attached hydrogen (secondary N) is 2. The molecular weight excluding hydrogens is 474 g/mol. The summed E-state index contributed by atoms with van der Waals surface area (Å²) in [5.74, 6) is -4.72. The Morgan fingerprint density at radius 2 is 1.78 bits per heavy atom. The van der Waals surface area contributed by atoms with Gasteiger partial charge in [0, 0.05) is 19.5 Å². The maximum Gasteiger partial charge on any atom is 0.326 e. The summed E-state index contributed by atoms with van der Waals surface area (Å²) in [4.78, 5) is 66.6. The Kier molecular flexibility index (Phi) is 12.6. The van der Waals surface area contributed by atoms with Crippen LogP contribution in [0.5, 0.6) is 0 Å². The van der Waals surface area contributed by atoms with E-state index in [1.54, 1.807) is 13.8 Å². The molecular formula is C22H39N7O7. The van der Waals surface area contributed by atoms with E-state index >= 15 is 0 Å². The van der Waals surface area contributed by atoms with E-state index in [1.165, 1.54) is 4.90 Å². The van der Waals surface area contributed by atoms with Crippen molar-refractivity contribution in [1.82, 2.24) is 15.5 Å². The van der Waals surface area contributed by atoms with E-state index in [2.05, 4.69) is 15.6 Å². The van der Waals surface area contributed by atoms with Crippen molar-refractivity contribution >= 4 is 35.6 Å². The van der Waals surface area contributed by atoms with Crippen molar-refractivity contribution in [3.8, 4) is 0 Å². The highest BCUT2D eigenvalue weighted by atomic mass is 16.4. The van der Waals surface area contributed by atoms with Gasteiger partial charge in [-0.25, -0.2) is 4.79 Å². The molecule has 0 bridgehead atoms. The number of carboxylic acid groups (broad SMARTS) is 2. The topological polar surface area (TPSA) is 244 Å². The predicted molar refractivity (Wildman–Crippen MR) is 130 cm³/mol. The molecule has 1 aliphatic rings. The smallest absolute Gasteiger partial charge is 0.326 e. The number of aliphatic imine (C=N–C) groups is 1. The fourth-order valence-electron chi connectivity index (χ4n) is 3.90. The standard InChI is InChI=1S/C22H39N7O7/c1-3-12(2)17(21(35)36)28-18(32)14(8-9-16(30)31)27-19(33)15-7-5-11-29(15)20(34)13(23)6-4-10-26-22(24)25/h12-15,17H,3-11,23H2,1-2H3,(H,27,33)(H,28,32)(H,30,31)(H,35,36)(H4,24,25,26). The molecule has 0 aliphatic carbocycles. The number of carbonyl (C=O) groups excluding carboxylic acids is 3. The van der Waals surface area contributed by atoms with Gasteiger partial charge in [-0.1, -0.05) is 20.3 Å². The van der Waals surface area contributed by atoms with Gasteiger partial charge in [0.2, 0.25) is 17.7 Å². The van der Waals surface area contributed by atoms with Gasteiger partial charge in [0.05, 0.1) is 6.04 Å². The highest BCUT2D eigenvalue weighted by molar-refractivity contribution is 5.94. The van der Waals surface area contributed by atoms with Crippen molar-refractivity contribution in [2.75, 3.05) is 13.1 Å². The van der Waals surface area contributed by atoms with Gasteiger partial charge >= 0.3 is 11.9 Å². The number of amides is 3. The van der Waals surface area contributed by atoms with Crippen LogP contribution in [-0.2, 0) is 24.0 Å². The van der Waals surface area contributed by atoms with E-state index in [4.69, 9.17) is 22.3 Å². The molecule has 0 saturated carbocycles. The predicted octanol–water partition coefficient (Wildman–Crippen LogP) is -1.68. The normalized spacial score (nSPS) is 18.4. The van der Waals surface area contributed by atoms with Crippen LogP contribution in [-0.4, -0.2) is 88.0 Å². The Bertz CT molecular complexity index is 832. The first-order chi connectivity index (χ1) is 16.9. The lowest BCUT2D eigenvalue weighted by molar-refractivity contribution is -0.145. The molecule has 0 spiro atoms. The van der Waals surface area contributed by atoms with Crippen LogP contribution >= 0.6 is 0 Å². The number of likely N-dealkylation sites (tertiary alicyclic amines) is 1. The van der Waals surface area contributed by atoms with Crippen molar-refractivity contribution in [2.45, 2.75) is 83.0 Å². The fourth-order valence-corrected chi connectivity index (χ4v) is 3.90. The molecule has 5 atom stereocenters. The van der Waals surface area contributed by atoms with Crippen LogP contribution < -0.4 is 27.8 Å². The summed E-state index contributed by atoms with van der Waals surface area (Å²) in [5, 5.41) is 23.4. The maximum absolute atomic E-state index is 13.1. The number of guanidine groups is 1. The molecule has 5 unspecified atom stereocenters. The summed E-state index contributed by atoms with van der Waals surface area (Å²) < 4.78 is 0. The number of hydrogen-bond acceptors (Lipinski definition) is 7. The fraction of sp³-hybridized carbons (Fsp3) is 0.727. The molecule has 1 aliphatic heterocycles. The lowest BCUT2D eigenvalue weighted by Crippen LogP contribution is -2.57. The Morgan fingerprint density at radius 3 is 2.33 bits per heavy atom. The first-order valence-electron chi connectivity index (χ1n) is 12.1. The third-order valence-electron chi connectivity index (χ3n) is 6.18. The van der Waals surface area contributed by atoms with Crippen LogP contribution in [0.25, 0.3) is 0 Å². The van der Waals surface area contributed by atoms with Crippen molar-refractivity contribution in [2.24, 2.45) is 28.1 Å². The SMILES string of the molecule is CCC(C)C(NC(=O)C(CCC(=O)O)NC(=O)C1CCCN1C(=O)C(N)CCCN=C(N)N)C(=O)O. The molecule has 1 fully saturated rings. The van der Waals surface area contributed by atoms with Crippen LogP contribution in [0.3, 0.4) is 0 Å². The van der Waals surface area contributed by atoms with E-state index in [0.29, 0.717) is 45.2 Å². The second-order valence-electron chi connectivity index (χ2n) is 8.95. The van der Waals surface area contributed by atoms with Crippen molar-refractivity contribution in [3.05, 3.63) is 0 Å². The van der Waals surface area contributed by atoms with Gasteiger partial charge in [-0.15, -0.1) is 0 Å². The lowest BCUT2D eigenvalue weighted by atomic mass is 9.98. The Morgan fingerprint density at radius 1 is 1.11 bits per heavy atom. The van der Waals surface area contributed by atoms with Crippen LogP contribution in [0, 0.1) is 5.92 Å². The first kappa shape index (κ1) is 30.6. The second-order valence-corrected chi connectivity index (χ2v) is 8.95. The summed E-state index contributed by atoms with van der Waals surface area (Å²) in [6.07, 6.45) is 1.47. The van der Waals surface area contributed by atoms with E-state index in [9.17, 15) is 29.1 Å². The zero-order chi connectivity index (χ0) is 27.4. The minimum atomic E-state index is -1.29. The molecule has 14 nitrogen and oxygen atoms in total. The number of hydrogen-bond donors (Lipinski definition) is 7. The van der Waals surface area contributed by atoms with Crippen LogP contribution in [0.2, 0.25) is 0 Å². The summed E-state index contributed by atoms with van der Waals surface area (Å²) in [6, 6.07) is -4.24. The minimum absolute atomic E-state index is 0.0634. The Labute approximate surface area is 210 Å². The van der Waals surface area contributed by atoms with Gasteiger partial charge in [-0.05, 0) is 38.0 Å². The first-order valence-corrected chi connectivity index (χ1v) is 12.1. The number of nitrogens with zero attached hydrogens (tertiary/aromatic N) is 2. The Balaban J connectivity index is 2.90. The number of rotatable bonds is 15. The molecule has 3 amide bonds. The molecule has 1 heterocycles. The quantitative estimate of drug-likeness (QED) is 0.0744. The van der Waals surface area contributed by atoms with Crippen LogP contribution in [0.15, 0.2) is 4.99 Å². The van der Waals surface area contributed by atoms with E-state index < -0.39 is 66.2 Å². The van der Waals surface area contributed by atoms with Gasteiger partial charge in [0.15, 0.2) is 5.96 Å². The molecule has 14 heteroatoms. The van der Waals surface area contributed by atoms with Crippen molar-refractivity contribution in [1.29, 1.82) is 0 Å². The molecule has 1 rings (SSSR count). The molecule has 0 aromatic heterocycles. The zero-order valence-corrected chi connectivity index (χ0v) is 20.8. The molecule has 0 aromatic carbocycles. The highest BCUT2D eigenvalue weighted by Crippen LogP contribution is 2.20. The van der Waals surface area contributed by atoms with E-state index in [0.717, 1.165) is 0 Å². The number of nitrogens with two attached hydrogens (primary N) is 3. The molecule has 0 radical (unpaired) electrons. The second kappa shape index (κ2) is 14.9. The van der Waals surface area contributed by atoms with Crippen LogP contribution in [0.4, 0.5) is 0 Å². The molecule has 0 aromatic rings. The highest BCUT2D eigenvalue weighted by Gasteiger charge is 2.38. The zero-order valence-electron chi connectivity index (χ0n) is 20.8. The monoisotopic (exact) mass is 513 g/mol. The average molecular weight is 514 g/mol. The Hall–Kier alpha value is -3.42. The number of carboxylic acids is 2. The van der Waals surface area contributed by atoms with Crippen molar-refractivity contribution < 1.29 is 34.2 Å². The van der Waals surface area contributed by atoms with Gasteiger partial charge in [-0.3, -0.25) is 24.2 Å². The van der Waals surface area contributed by atoms with Crippen LogP contribution in [0.1, 0.15) is 58.8 Å². The average Bonchev–Trinajstić information content (AvgIpc) is 3.31. The summed E-state index contributed by atoms with van der Waals surface area (Å²) in [7, 11) is 0. The summed E-state index contributed by atoms with van der Waals surface area (Å²) >= 11 is 0. The number of carbonyl (C=O) groups is 5. The maximum atomic E-state index is 13.1. The number of aliphatic carboxylic acids is 2. The molecule has 36 heavy (non-hydrogen) atoms. The van der Waals surface area contributed by atoms with E-state index in [1.807, 2.05) is 0 Å². The van der Waals surface area contributed by atoms with E-state index in [-0.39, 0.29) is 12.4 Å². The summed E-state index contributed by atoms with van der Waals surface area (Å²) in [6.45, 7) is 4.04. The molecule has 10 N–H and O–H groups in total. The van der Waals surface area contributed by atoms with Gasteiger partial charge in [0.1, 0.15) is 18.1 Å². The largest absolute Gasteiger partial charge is 0.481 e. The van der Waals surface area contributed by atoms with Gasteiger partial charge in [0.25, 0.3) is 0 Å². The minimum Gasteiger partial charge on any atom is -0.481 e. The van der Waals surface area contributed by atoms with Crippen molar-refractivity contribution in [3.63, 3.8) is 0 Å². The summed E-state index contributed by atoms with van der Waals surface area (Å²) in [5.41, 5.74) is 16.6.